The molecule has 1 aromatic heterocycles. The Morgan fingerprint density at radius 1 is 0.574 bits per heavy atom. The smallest absolute Gasteiger partial charge is 0.229 e. The molecule has 298 valence electrons. The van der Waals surface area contributed by atoms with Crippen LogP contribution in [-0.4, -0.2) is 176 Å². The topological polar surface area (TPSA) is 371 Å². The molecule has 0 amide bonds. The highest BCUT2D eigenvalue weighted by molar-refractivity contribution is 5.92. The van der Waals surface area contributed by atoms with Gasteiger partial charge in [-0.2, -0.15) is 0 Å². The molecular weight excluding hydrogens is 732 g/mol. The minimum atomic E-state index is -2.13. The fraction of sp³-hybridized carbons (Fsp3) is 0.545. The highest BCUT2D eigenvalue weighted by Crippen LogP contribution is 2.51. The molecule has 4 heterocycles. The maximum absolute atomic E-state index is 13.9. The molecule has 15 unspecified atom stereocenters. The van der Waals surface area contributed by atoms with Gasteiger partial charge in [0.05, 0.1) is 30.9 Å². The van der Waals surface area contributed by atoms with E-state index in [0.717, 1.165) is 18.2 Å². The number of rotatable bonds is 8. The molecule has 3 aliphatic rings. The number of phenolic OH excluding ortho intramolecular Hbond substituents is 3. The summed E-state index contributed by atoms with van der Waals surface area (Å²) in [6.07, 6.45) is -27.7. The number of fused-ring (bicyclic) bond motifs is 1. The average Bonchev–Trinajstić information content (AvgIpc) is 3.15. The second-order valence-electron chi connectivity index (χ2n) is 13.2. The lowest BCUT2D eigenvalue weighted by Gasteiger charge is -2.42. The van der Waals surface area contributed by atoms with Crippen molar-refractivity contribution >= 4 is 11.0 Å². The molecule has 0 aliphatic carbocycles. The Morgan fingerprint density at radius 2 is 1.07 bits per heavy atom. The van der Waals surface area contributed by atoms with Crippen molar-refractivity contribution in [2.45, 2.75) is 91.7 Å². The normalized spacial score (nSPS) is 37.4. The van der Waals surface area contributed by atoms with E-state index in [1.54, 1.807) is 0 Å². The Labute approximate surface area is 302 Å². The number of hydrogen-bond donors (Lipinski definition) is 15. The standard InChI is InChI=1S/C33H40O21/c34-5-13-19(39)24(44)27(47)31(51-13)17-22(42)16-10(38)4-11(50-30(16)18(23(17)43)32-28(48)25(45)20(40)14(6-35)52-32)8-1-2-9(37)12(3-8)53-33-29(49)26(46)21(41)15(7-36)54-33/h1-4,13-15,19-21,24-29,31-37,39-49H,5-7H2. The molecule has 15 N–H and O–H groups in total. The first-order valence-electron chi connectivity index (χ1n) is 16.5. The Hall–Kier alpha value is -3.75. The minimum absolute atomic E-state index is 0.0804. The number of benzene rings is 2. The van der Waals surface area contributed by atoms with Gasteiger partial charge in [0.2, 0.25) is 6.29 Å². The minimum Gasteiger partial charge on any atom is -0.507 e. The zero-order valence-corrected chi connectivity index (χ0v) is 27.7. The summed E-state index contributed by atoms with van der Waals surface area (Å²) in [7, 11) is 0. The fourth-order valence-electron chi connectivity index (χ4n) is 6.81. The lowest BCUT2D eigenvalue weighted by Crippen LogP contribution is -2.60. The molecule has 3 aliphatic heterocycles. The van der Waals surface area contributed by atoms with Crippen molar-refractivity contribution in [3.8, 4) is 34.3 Å². The van der Waals surface area contributed by atoms with E-state index in [1.807, 2.05) is 0 Å². The Bertz CT molecular complexity index is 1880. The number of aliphatic hydroxyl groups excluding tert-OH is 12. The molecular formula is C33H40O21. The molecule has 15 atom stereocenters. The van der Waals surface area contributed by atoms with Crippen LogP contribution in [0.2, 0.25) is 0 Å². The van der Waals surface area contributed by atoms with E-state index < -0.39 is 168 Å². The van der Waals surface area contributed by atoms with E-state index in [1.165, 1.54) is 6.07 Å². The maximum Gasteiger partial charge on any atom is 0.229 e. The predicted molar refractivity (Wildman–Crippen MR) is 173 cm³/mol. The van der Waals surface area contributed by atoms with Crippen molar-refractivity contribution in [1.82, 2.24) is 0 Å². The number of ether oxygens (including phenoxy) is 4. The van der Waals surface area contributed by atoms with Crippen molar-refractivity contribution in [2.24, 2.45) is 0 Å². The van der Waals surface area contributed by atoms with E-state index in [9.17, 15) is 81.4 Å². The van der Waals surface area contributed by atoms with Gasteiger partial charge in [-0.3, -0.25) is 4.79 Å². The van der Waals surface area contributed by atoms with Gasteiger partial charge in [0.25, 0.3) is 0 Å². The number of aliphatic hydroxyl groups is 12. The fourth-order valence-corrected chi connectivity index (χ4v) is 6.81. The van der Waals surface area contributed by atoms with Gasteiger partial charge in [0.1, 0.15) is 108 Å². The van der Waals surface area contributed by atoms with Crippen LogP contribution in [0.3, 0.4) is 0 Å². The van der Waals surface area contributed by atoms with Crippen LogP contribution in [0.4, 0.5) is 0 Å². The van der Waals surface area contributed by atoms with E-state index in [-0.39, 0.29) is 5.56 Å². The van der Waals surface area contributed by atoms with Crippen LogP contribution in [0.25, 0.3) is 22.3 Å². The van der Waals surface area contributed by atoms with Gasteiger partial charge in [0, 0.05) is 11.6 Å². The van der Waals surface area contributed by atoms with Crippen molar-refractivity contribution in [2.75, 3.05) is 19.8 Å². The van der Waals surface area contributed by atoms with Crippen LogP contribution in [0, 0.1) is 0 Å². The summed E-state index contributed by atoms with van der Waals surface area (Å²) < 4.78 is 28.0. The first-order valence-corrected chi connectivity index (χ1v) is 16.5. The van der Waals surface area contributed by atoms with Crippen molar-refractivity contribution in [3.05, 3.63) is 45.6 Å². The van der Waals surface area contributed by atoms with Crippen LogP contribution in [0.1, 0.15) is 23.3 Å². The zero-order chi connectivity index (χ0) is 39.5. The third-order valence-corrected chi connectivity index (χ3v) is 9.88. The summed E-state index contributed by atoms with van der Waals surface area (Å²) in [6.45, 7) is -2.64. The predicted octanol–water partition coefficient (Wildman–Crippen LogP) is -5.21. The second kappa shape index (κ2) is 15.4. The Kier molecular flexibility index (Phi) is 11.4. The largest absolute Gasteiger partial charge is 0.507 e. The third-order valence-electron chi connectivity index (χ3n) is 9.88. The highest BCUT2D eigenvalue weighted by atomic mass is 16.7. The van der Waals surface area contributed by atoms with Crippen LogP contribution in [-0.2, 0) is 14.2 Å². The van der Waals surface area contributed by atoms with Crippen molar-refractivity contribution < 1.29 is 100.0 Å². The van der Waals surface area contributed by atoms with Gasteiger partial charge in [0.15, 0.2) is 22.5 Å². The number of aromatic hydroxyl groups is 3. The molecule has 0 spiro atoms. The monoisotopic (exact) mass is 772 g/mol. The van der Waals surface area contributed by atoms with E-state index in [4.69, 9.17) is 23.4 Å². The van der Waals surface area contributed by atoms with E-state index in [0.29, 0.717) is 0 Å². The molecule has 21 heteroatoms. The first-order chi connectivity index (χ1) is 25.6. The summed E-state index contributed by atoms with van der Waals surface area (Å²) in [4.78, 5) is 13.9. The molecule has 2 aromatic carbocycles. The van der Waals surface area contributed by atoms with Gasteiger partial charge in [-0.25, -0.2) is 0 Å². The zero-order valence-electron chi connectivity index (χ0n) is 27.7. The van der Waals surface area contributed by atoms with Crippen LogP contribution in [0.5, 0.6) is 23.0 Å². The molecule has 21 nitrogen and oxygen atoms in total. The molecule has 3 saturated heterocycles. The van der Waals surface area contributed by atoms with Crippen LogP contribution in [0.15, 0.2) is 33.5 Å². The summed E-state index contributed by atoms with van der Waals surface area (Å²) in [5, 5.41) is 157. The van der Waals surface area contributed by atoms with Crippen LogP contribution < -0.4 is 10.2 Å². The lowest BCUT2D eigenvalue weighted by atomic mass is 9.85. The van der Waals surface area contributed by atoms with Gasteiger partial charge in [-0.1, -0.05) is 0 Å². The molecule has 3 aromatic rings. The third kappa shape index (κ3) is 6.65. The highest BCUT2D eigenvalue weighted by Gasteiger charge is 2.50. The summed E-state index contributed by atoms with van der Waals surface area (Å²) in [6, 6.07) is 4.14. The lowest BCUT2D eigenvalue weighted by molar-refractivity contribution is -0.277. The second-order valence-corrected chi connectivity index (χ2v) is 13.2. The average molecular weight is 773 g/mol. The first kappa shape index (κ1) is 39.9. The van der Waals surface area contributed by atoms with Crippen molar-refractivity contribution in [1.29, 1.82) is 0 Å². The van der Waals surface area contributed by atoms with E-state index in [2.05, 4.69) is 0 Å². The number of phenols is 3. The SMILES string of the molecule is O=c1cc(-c2ccc(O)c(OC3OC(CO)C(O)C(O)C3O)c2)oc2c(C3OC(CO)C(O)C(O)C3O)c(O)c(C3OC(CO)C(O)C(O)C3O)c(O)c12. The van der Waals surface area contributed by atoms with Gasteiger partial charge in [-0.15, -0.1) is 0 Å². The summed E-state index contributed by atoms with van der Waals surface area (Å²) in [5.41, 5.74) is -3.41. The van der Waals surface area contributed by atoms with E-state index >= 15 is 0 Å². The van der Waals surface area contributed by atoms with Crippen LogP contribution >= 0.6 is 0 Å². The molecule has 0 saturated carbocycles. The van der Waals surface area contributed by atoms with Gasteiger partial charge < -0.3 is 100.0 Å². The molecule has 3 fully saturated rings. The molecule has 0 bridgehead atoms. The summed E-state index contributed by atoms with van der Waals surface area (Å²) >= 11 is 0. The molecule has 6 rings (SSSR count). The Balaban J connectivity index is 1.53. The number of hydrogen-bond acceptors (Lipinski definition) is 21. The van der Waals surface area contributed by atoms with Gasteiger partial charge >= 0.3 is 0 Å². The van der Waals surface area contributed by atoms with Crippen molar-refractivity contribution in [3.63, 3.8) is 0 Å². The maximum atomic E-state index is 13.9. The molecule has 54 heavy (non-hydrogen) atoms. The quantitative estimate of drug-likeness (QED) is 0.102. The Morgan fingerprint density at radius 3 is 1.61 bits per heavy atom. The summed E-state index contributed by atoms with van der Waals surface area (Å²) in [5.74, 6) is -3.63. The van der Waals surface area contributed by atoms with Gasteiger partial charge in [-0.05, 0) is 18.2 Å². The molecule has 0 radical (unpaired) electrons.